The molecule has 1 atom stereocenters. The summed E-state index contributed by atoms with van der Waals surface area (Å²) in [5, 5.41) is 13.9. The molecule has 1 fully saturated rings. The summed E-state index contributed by atoms with van der Waals surface area (Å²) in [6.07, 6.45) is -3.57. The molecule has 34 heavy (non-hydrogen) atoms. The number of ether oxygens (including phenoxy) is 2. The van der Waals surface area contributed by atoms with Gasteiger partial charge in [0.25, 0.3) is 5.82 Å². The summed E-state index contributed by atoms with van der Waals surface area (Å²) in [6, 6.07) is 8.17. The number of hydrogen-bond donors (Lipinski definition) is 1. The molecule has 1 N–H and O–H groups in total. The van der Waals surface area contributed by atoms with Gasteiger partial charge in [-0.1, -0.05) is 0 Å². The maximum Gasteiger partial charge on any atom is 0.453 e. The maximum absolute atomic E-state index is 13.1. The molecule has 0 unspecified atom stereocenters. The van der Waals surface area contributed by atoms with Gasteiger partial charge in [0.1, 0.15) is 17.3 Å². The smallest absolute Gasteiger partial charge is 0.453 e. The lowest BCUT2D eigenvalue weighted by molar-refractivity contribution is -0.146. The zero-order valence-electron chi connectivity index (χ0n) is 19.0. The van der Waals surface area contributed by atoms with Crippen LogP contribution >= 0.6 is 0 Å². The molecule has 0 spiro atoms. The minimum absolute atomic E-state index is 0.0206. The van der Waals surface area contributed by atoms with Crippen molar-refractivity contribution in [3.63, 3.8) is 0 Å². The molecule has 2 aromatic heterocycles. The van der Waals surface area contributed by atoms with Gasteiger partial charge in [-0.15, -0.1) is 15.3 Å². The van der Waals surface area contributed by atoms with Crippen LogP contribution in [-0.2, 0) is 11.0 Å². The number of hydrogen-bond acceptors (Lipinski definition) is 7. The lowest BCUT2D eigenvalue weighted by Crippen LogP contribution is -2.41. The first-order chi connectivity index (χ1) is 16.2. The van der Waals surface area contributed by atoms with Crippen molar-refractivity contribution in [1.82, 2.24) is 25.1 Å². The fraction of sp³-hybridized carbons (Fsp3) is 0.455. The van der Waals surface area contributed by atoms with Gasteiger partial charge in [-0.05, 0) is 50.1 Å². The molecule has 182 valence electrons. The Labute approximate surface area is 193 Å². The number of nitrogens with zero attached hydrogens (tertiary/aromatic N) is 5. The average molecular weight is 478 g/mol. The highest BCUT2D eigenvalue weighted by atomic mass is 19.4. The van der Waals surface area contributed by atoms with Crippen LogP contribution in [0.15, 0.2) is 30.3 Å². The second kappa shape index (κ2) is 9.35. The topological polar surface area (TPSA) is 93.9 Å². The van der Waals surface area contributed by atoms with E-state index in [0.717, 1.165) is 5.56 Å². The molecule has 0 bridgehead atoms. The summed E-state index contributed by atoms with van der Waals surface area (Å²) in [7, 11) is 3.14. The molecule has 1 amide bonds. The maximum atomic E-state index is 13.1. The number of methoxy groups -OCH3 is 2. The standard InChI is InChI=1S/C22H25F3N6O3/c1-13(16-12-15(33-2)4-5-17(16)34-3)26-20(32)14-8-10-30(11-9-14)19-7-6-18-27-28-21(22(23,24)25)31(18)29-19/h4-7,12-14H,8-11H2,1-3H3,(H,26,32)/t13-/m0/s1. The Bertz CT molecular complexity index is 1170. The average Bonchev–Trinajstić information content (AvgIpc) is 3.27. The summed E-state index contributed by atoms with van der Waals surface area (Å²) in [5.74, 6) is 0.221. The SMILES string of the molecule is COc1ccc(OC)c([C@H](C)NC(=O)C2CCN(c3ccc4nnc(C(F)(F)F)n4n3)CC2)c1. The first-order valence-electron chi connectivity index (χ1n) is 10.8. The number of rotatable bonds is 6. The third-order valence-corrected chi connectivity index (χ3v) is 5.95. The van der Waals surface area contributed by atoms with Crippen molar-refractivity contribution in [2.24, 2.45) is 5.92 Å². The number of carbonyl (C=O) groups excluding carboxylic acids is 1. The summed E-state index contributed by atoms with van der Waals surface area (Å²) in [4.78, 5) is 14.8. The van der Waals surface area contributed by atoms with E-state index >= 15 is 0 Å². The van der Waals surface area contributed by atoms with Gasteiger partial charge in [-0.25, -0.2) is 0 Å². The Hall–Kier alpha value is -3.57. The summed E-state index contributed by atoms with van der Waals surface area (Å²) < 4.78 is 50.8. The van der Waals surface area contributed by atoms with Crippen LogP contribution < -0.4 is 19.7 Å². The minimum Gasteiger partial charge on any atom is -0.497 e. The highest BCUT2D eigenvalue weighted by Gasteiger charge is 2.38. The Kier molecular flexibility index (Phi) is 6.49. The summed E-state index contributed by atoms with van der Waals surface area (Å²) >= 11 is 0. The minimum atomic E-state index is -4.65. The zero-order chi connectivity index (χ0) is 24.5. The van der Waals surface area contributed by atoms with E-state index in [1.807, 2.05) is 17.9 Å². The van der Waals surface area contributed by atoms with Crippen LogP contribution in [0.25, 0.3) is 5.65 Å². The third kappa shape index (κ3) is 4.70. The second-order valence-corrected chi connectivity index (χ2v) is 8.08. The van der Waals surface area contributed by atoms with E-state index in [1.54, 1.807) is 32.4 Å². The van der Waals surface area contributed by atoms with E-state index in [-0.39, 0.29) is 23.5 Å². The van der Waals surface area contributed by atoms with Crippen LogP contribution in [0.2, 0.25) is 0 Å². The molecule has 12 heteroatoms. The number of carbonyl (C=O) groups is 1. The fourth-order valence-electron chi connectivity index (χ4n) is 4.08. The Balaban J connectivity index is 1.41. The first kappa shape index (κ1) is 23.6. The third-order valence-electron chi connectivity index (χ3n) is 5.95. The van der Waals surface area contributed by atoms with Crippen molar-refractivity contribution in [2.75, 3.05) is 32.2 Å². The van der Waals surface area contributed by atoms with E-state index < -0.39 is 12.0 Å². The van der Waals surface area contributed by atoms with Crippen LogP contribution in [0.3, 0.4) is 0 Å². The van der Waals surface area contributed by atoms with E-state index in [2.05, 4.69) is 20.6 Å². The monoisotopic (exact) mass is 478 g/mol. The Morgan fingerprint density at radius 1 is 1.12 bits per heavy atom. The number of benzene rings is 1. The summed E-state index contributed by atoms with van der Waals surface area (Å²) in [6.45, 7) is 2.84. The Morgan fingerprint density at radius 3 is 2.50 bits per heavy atom. The van der Waals surface area contributed by atoms with Gasteiger partial charge in [0.15, 0.2) is 5.65 Å². The number of alkyl halides is 3. The van der Waals surface area contributed by atoms with E-state index in [0.29, 0.717) is 47.8 Å². The molecule has 0 aliphatic carbocycles. The van der Waals surface area contributed by atoms with Crippen molar-refractivity contribution < 1.29 is 27.4 Å². The molecule has 4 rings (SSSR count). The van der Waals surface area contributed by atoms with Gasteiger partial charge in [0, 0.05) is 24.6 Å². The van der Waals surface area contributed by atoms with Crippen molar-refractivity contribution in [3.8, 4) is 11.5 Å². The molecule has 1 aliphatic rings. The molecule has 0 saturated carbocycles. The Morgan fingerprint density at radius 2 is 1.85 bits per heavy atom. The lowest BCUT2D eigenvalue weighted by Gasteiger charge is -2.32. The molecule has 3 aromatic rings. The fourth-order valence-corrected chi connectivity index (χ4v) is 4.08. The number of aromatic nitrogens is 4. The van der Waals surface area contributed by atoms with E-state index in [4.69, 9.17) is 9.47 Å². The van der Waals surface area contributed by atoms with Crippen molar-refractivity contribution in [3.05, 3.63) is 41.7 Å². The van der Waals surface area contributed by atoms with Crippen LogP contribution in [0.1, 0.15) is 37.2 Å². The van der Waals surface area contributed by atoms with Gasteiger partial charge in [0.05, 0.1) is 20.3 Å². The van der Waals surface area contributed by atoms with Crippen molar-refractivity contribution in [1.29, 1.82) is 0 Å². The molecule has 1 saturated heterocycles. The van der Waals surface area contributed by atoms with Gasteiger partial charge in [-0.3, -0.25) is 4.79 Å². The number of halogens is 3. The number of amides is 1. The second-order valence-electron chi connectivity index (χ2n) is 8.08. The molecule has 1 aromatic carbocycles. The normalized spacial score (nSPS) is 15.9. The van der Waals surface area contributed by atoms with Gasteiger partial charge < -0.3 is 19.7 Å². The predicted molar refractivity (Wildman–Crippen MR) is 117 cm³/mol. The quantitative estimate of drug-likeness (QED) is 0.581. The lowest BCUT2D eigenvalue weighted by atomic mass is 9.95. The van der Waals surface area contributed by atoms with Crippen molar-refractivity contribution in [2.45, 2.75) is 32.0 Å². The molecule has 3 heterocycles. The van der Waals surface area contributed by atoms with E-state index in [9.17, 15) is 18.0 Å². The van der Waals surface area contributed by atoms with Gasteiger partial charge in [0.2, 0.25) is 5.91 Å². The zero-order valence-corrected chi connectivity index (χ0v) is 19.0. The van der Waals surface area contributed by atoms with Gasteiger partial charge in [-0.2, -0.15) is 17.7 Å². The molecular formula is C22H25F3N6O3. The van der Waals surface area contributed by atoms with Crippen LogP contribution in [0.5, 0.6) is 11.5 Å². The highest BCUT2D eigenvalue weighted by Crippen LogP contribution is 2.31. The highest BCUT2D eigenvalue weighted by molar-refractivity contribution is 5.79. The summed E-state index contributed by atoms with van der Waals surface area (Å²) in [5.41, 5.74) is 0.826. The van der Waals surface area contributed by atoms with Crippen LogP contribution in [0, 0.1) is 5.92 Å². The van der Waals surface area contributed by atoms with E-state index in [1.165, 1.54) is 6.07 Å². The molecule has 0 radical (unpaired) electrons. The number of piperidine rings is 1. The molecule has 9 nitrogen and oxygen atoms in total. The molecular weight excluding hydrogens is 453 g/mol. The number of anilines is 1. The predicted octanol–water partition coefficient (Wildman–Crippen LogP) is 3.25. The largest absolute Gasteiger partial charge is 0.497 e. The van der Waals surface area contributed by atoms with Crippen LogP contribution in [-0.4, -0.2) is 53.0 Å². The van der Waals surface area contributed by atoms with Crippen LogP contribution in [0.4, 0.5) is 19.0 Å². The molecule has 1 aliphatic heterocycles. The number of nitrogens with one attached hydrogen (secondary N) is 1. The number of fused-ring (bicyclic) bond motifs is 1. The van der Waals surface area contributed by atoms with Gasteiger partial charge >= 0.3 is 6.18 Å². The van der Waals surface area contributed by atoms with Crippen molar-refractivity contribution >= 4 is 17.4 Å². The first-order valence-corrected chi connectivity index (χ1v) is 10.8.